The average Bonchev–Trinajstić information content (AvgIpc) is 2.82. The van der Waals surface area contributed by atoms with Gasteiger partial charge in [-0.15, -0.1) is 0 Å². The molecule has 1 unspecified atom stereocenters. The zero-order valence-electron chi connectivity index (χ0n) is 11.7. The fraction of sp³-hybridized carbons (Fsp3) is 0.400. The molecule has 0 aliphatic heterocycles. The molecule has 108 valence electrons. The Labute approximate surface area is 137 Å². The summed E-state index contributed by atoms with van der Waals surface area (Å²) in [5.74, 6) is 1.13. The van der Waals surface area contributed by atoms with Crippen molar-refractivity contribution in [3.05, 3.63) is 50.9 Å². The lowest BCUT2D eigenvalue weighted by atomic mass is 10.0. The lowest BCUT2D eigenvalue weighted by molar-refractivity contribution is 0.543. The van der Waals surface area contributed by atoms with E-state index in [-0.39, 0.29) is 6.04 Å². The molecule has 5 heteroatoms. The molecule has 0 bridgehead atoms. The van der Waals surface area contributed by atoms with Crippen molar-refractivity contribution in [3.63, 3.8) is 0 Å². The van der Waals surface area contributed by atoms with Gasteiger partial charge in [-0.05, 0) is 37.2 Å². The molecule has 1 aromatic carbocycles. The van der Waals surface area contributed by atoms with Gasteiger partial charge in [0.2, 0.25) is 0 Å². The van der Waals surface area contributed by atoms with Gasteiger partial charge in [-0.3, -0.25) is 0 Å². The molecule has 0 aliphatic rings. The molecule has 3 nitrogen and oxygen atoms in total. The van der Waals surface area contributed by atoms with Crippen molar-refractivity contribution < 1.29 is 0 Å². The maximum atomic E-state index is 4.49. The average molecular weight is 401 g/mol. The van der Waals surface area contributed by atoms with Crippen LogP contribution in [0.1, 0.15) is 30.8 Å². The molecule has 1 aromatic heterocycles. The number of halogens is 2. The summed E-state index contributed by atoms with van der Waals surface area (Å²) < 4.78 is 4.40. The maximum Gasteiger partial charge on any atom is 0.110 e. The summed E-state index contributed by atoms with van der Waals surface area (Å²) in [5, 5.41) is 3.39. The molecule has 2 aromatic rings. The van der Waals surface area contributed by atoms with Gasteiger partial charge >= 0.3 is 0 Å². The Bertz CT molecular complexity index is 546. The van der Waals surface area contributed by atoms with Crippen molar-refractivity contribution in [3.8, 4) is 0 Å². The molecule has 0 saturated carbocycles. The largest absolute Gasteiger partial charge is 0.335 e. The predicted molar refractivity (Wildman–Crippen MR) is 89.9 cm³/mol. The quantitative estimate of drug-likeness (QED) is 0.782. The number of benzene rings is 1. The minimum Gasteiger partial charge on any atom is -0.335 e. The molecule has 0 amide bonds. The molecule has 20 heavy (non-hydrogen) atoms. The number of nitrogens with zero attached hydrogens (tertiary/aromatic N) is 2. The molecule has 1 heterocycles. The van der Waals surface area contributed by atoms with Crippen LogP contribution < -0.4 is 5.32 Å². The first-order valence-corrected chi connectivity index (χ1v) is 8.36. The first-order valence-electron chi connectivity index (χ1n) is 6.77. The van der Waals surface area contributed by atoms with E-state index in [9.17, 15) is 0 Å². The van der Waals surface area contributed by atoms with Gasteiger partial charge in [0.05, 0.1) is 0 Å². The topological polar surface area (TPSA) is 29.9 Å². The molecule has 2 rings (SSSR count). The second-order valence-electron chi connectivity index (χ2n) is 4.79. The van der Waals surface area contributed by atoms with Crippen LogP contribution in [0.25, 0.3) is 0 Å². The molecule has 0 radical (unpaired) electrons. The lowest BCUT2D eigenvalue weighted by Gasteiger charge is -2.18. The van der Waals surface area contributed by atoms with E-state index in [4.69, 9.17) is 0 Å². The summed E-state index contributed by atoms with van der Waals surface area (Å²) in [6.45, 7) is 3.21. The van der Waals surface area contributed by atoms with Gasteiger partial charge in [-0.25, -0.2) is 4.98 Å². The molecule has 0 fully saturated rings. The van der Waals surface area contributed by atoms with Gasteiger partial charge in [0.25, 0.3) is 0 Å². The number of imidazole rings is 1. The number of aryl methyl sites for hydroxylation is 1. The molecular weight excluding hydrogens is 382 g/mol. The second-order valence-corrected chi connectivity index (χ2v) is 6.62. The van der Waals surface area contributed by atoms with Gasteiger partial charge < -0.3 is 9.88 Å². The standard InChI is InChI=1S/C15H19Br2N3/c1-3-5-20-6-4-19-15(20)10-14(18-2)11-7-12(16)9-13(17)8-11/h4,6-9,14,18H,3,5,10H2,1-2H3. The Morgan fingerprint density at radius 3 is 2.55 bits per heavy atom. The Kier molecular flexibility index (Phi) is 5.81. The van der Waals surface area contributed by atoms with Crippen molar-refractivity contribution >= 4 is 31.9 Å². The van der Waals surface area contributed by atoms with Crippen LogP contribution >= 0.6 is 31.9 Å². The summed E-state index contributed by atoms with van der Waals surface area (Å²) in [6.07, 6.45) is 5.94. The highest BCUT2D eigenvalue weighted by Gasteiger charge is 2.14. The summed E-state index contributed by atoms with van der Waals surface area (Å²) in [4.78, 5) is 4.49. The molecule has 0 spiro atoms. The van der Waals surface area contributed by atoms with Gasteiger partial charge in [0.15, 0.2) is 0 Å². The van der Waals surface area contributed by atoms with E-state index >= 15 is 0 Å². The number of rotatable bonds is 6. The number of hydrogen-bond donors (Lipinski definition) is 1. The second kappa shape index (κ2) is 7.38. The van der Waals surface area contributed by atoms with Crippen LogP contribution in [0.4, 0.5) is 0 Å². The van der Waals surface area contributed by atoms with Crippen LogP contribution in [-0.2, 0) is 13.0 Å². The zero-order valence-corrected chi connectivity index (χ0v) is 14.9. The Balaban J connectivity index is 2.22. The third-order valence-electron chi connectivity index (χ3n) is 3.29. The molecule has 1 N–H and O–H groups in total. The van der Waals surface area contributed by atoms with E-state index in [0.29, 0.717) is 0 Å². The summed E-state index contributed by atoms with van der Waals surface area (Å²) in [7, 11) is 1.99. The van der Waals surface area contributed by atoms with Gasteiger partial charge in [0.1, 0.15) is 5.82 Å². The number of aromatic nitrogens is 2. The van der Waals surface area contributed by atoms with Crippen LogP contribution in [0.5, 0.6) is 0 Å². The van der Waals surface area contributed by atoms with E-state index < -0.39 is 0 Å². The van der Waals surface area contributed by atoms with E-state index in [1.54, 1.807) is 0 Å². The van der Waals surface area contributed by atoms with Gasteiger partial charge in [-0.1, -0.05) is 38.8 Å². The summed E-state index contributed by atoms with van der Waals surface area (Å²) >= 11 is 7.10. The highest BCUT2D eigenvalue weighted by molar-refractivity contribution is 9.11. The van der Waals surface area contributed by atoms with E-state index in [1.165, 1.54) is 5.56 Å². The fourth-order valence-electron chi connectivity index (χ4n) is 2.32. The Hall–Kier alpha value is -0.650. The fourth-order valence-corrected chi connectivity index (χ4v) is 3.65. The van der Waals surface area contributed by atoms with Crippen LogP contribution in [-0.4, -0.2) is 16.6 Å². The minimum atomic E-state index is 0.252. The van der Waals surface area contributed by atoms with Crippen LogP contribution in [0.15, 0.2) is 39.5 Å². The highest BCUT2D eigenvalue weighted by atomic mass is 79.9. The van der Waals surface area contributed by atoms with Crippen molar-refractivity contribution in [2.24, 2.45) is 0 Å². The van der Waals surface area contributed by atoms with E-state index in [2.05, 4.69) is 72.0 Å². The van der Waals surface area contributed by atoms with Gasteiger partial charge in [0, 0.05) is 40.3 Å². The maximum absolute atomic E-state index is 4.49. The normalized spacial score (nSPS) is 12.6. The minimum absolute atomic E-state index is 0.252. The predicted octanol–water partition coefficient (Wildman–Crippen LogP) is 4.32. The first kappa shape index (κ1) is 15.7. The van der Waals surface area contributed by atoms with Crippen molar-refractivity contribution in [2.45, 2.75) is 32.4 Å². The Morgan fingerprint density at radius 1 is 1.25 bits per heavy atom. The van der Waals surface area contributed by atoms with E-state index in [1.807, 2.05) is 19.3 Å². The molecule has 0 aliphatic carbocycles. The van der Waals surface area contributed by atoms with Crippen molar-refractivity contribution in [1.29, 1.82) is 0 Å². The SMILES string of the molecule is CCCn1ccnc1CC(NC)c1cc(Br)cc(Br)c1. The zero-order chi connectivity index (χ0) is 14.5. The molecule has 1 atom stereocenters. The van der Waals surface area contributed by atoms with Crippen LogP contribution in [0.3, 0.4) is 0 Å². The van der Waals surface area contributed by atoms with Gasteiger partial charge in [-0.2, -0.15) is 0 Å². The molecular formula is C15H19Br2N3. The van der Waals surface area contributed by atoms with Crippen LogP contribution in [0.2, 0.25) is 0 Å². The third-order valence-corrected chi connectivity index (χ3v) is 4.20. The third kappa shape index (κ3) is 3.93. The lowest BCUT2D eigenvalue weighted by Crippen LogP contribution is -2.21. The first-order chi connectivity index (χ1) is 9.63. The monoisotopic (exact) mass is 399 g/mol. The summed E-state index contributed by atoms with van der Waals surface area (Å²) in [5.41, 5.74) is 1.25. The van der Waals surface area contributed by atoms with Crippen molar-refractivity contribution in [2.75, 3.05) is 7.05 Å². The summed E-state index contributed by atoms with van der Waals surface area (Å²) in [6, 6.07) is 6.61. The number of likely N-dealkylation sites (N-methyl/N-ethyl adjacent to an activating group) is 1. The van der Waals surface area contributed by atoms with E-state index in [0.717, 1.165) is 34.2 Å². The molecule has 0 saturated heterocycles. The van der Waals surface area contributed by atoms with Crippen LogP contribution in [0, 0.1) is 0 Å². The number of hydrogen-bond acceptors (Lipinski definition) is 2. The highest BCUT2D eigenvalue weighted by Crippen LogP contribution is 2.26. The smallest absolute Gasteiger partial charge is 0.110 e. The Morgan fingerprint density at radius 2 is 1.95 bits per heavy atom. The number of nitrogens with one attached hydrogen (secondary N) is 1. The van der Waals surface area contributed by atoms with Crippen molar-refractivity contribution in [1.82, 2.24) is 14.9 Å².